The molecule has 19 heavy (non-hydrogen) atoms. The normalized spacial score (nSPS) is 12.8. The number of aliphatic hydroxyl groups is 1. The second-order valence-electron chi connectivity index (χ2n) is 4.84. The van der Waals surface area contributed by atoms with Gasteiger partial charge in [0.25, 0.3) is 0 Å². The quantitative estimate of drug-likeness (QED) is 0.869. The molecule has 1 unspecified atom stereocenters. The van der Waals surface area contributed by atoms with Crippen molar-refractivity contribution in [1.82, 2.24) is 14.3 Å². The zero-order chi connectivity index (χ0) is 13.8. The Morgan fingerprint density at radius 2 is 2.11 bits per heavy atom. The predicted octanol–water partition coefficient (Wildman–Crippen LogP) is 2.76. The standard InChI is InChI=1S/C15H23N3O/c1-4-13-9-14(18(6-3)16-13)11-17-8-7-12(10-17)15(19)5-2/h7-10,15,19H,4-6,11H2,1-3H3. The van der Waals surface area contributed by atoms with Crippen LogP contribution in [0.3, 0.4) is 0 Å². The topological polar surface area (TPSA) is 43.0 Å². The molecule has 0 aliphatic carbocycles. The van der Waals surface area contributed by atoms with Gasteiger partial charge in [-0.15, -0.1) is 0 Å². The lowest BCUT2D eigenvalue weighted by molar-refractivity contribution is 0.173. The number of aryl methyl sites for hydroxylation is 2. The molecule has 0 bridgehead atoms. The molecule has 2 heterocycles. The van der Waals surface area contributed by atoms with Crippen molar-refractivity contribution in [2.75, 3.05) is 0 Å². The second-order valence-corrected chi connectivity index (χ2v) is 4.84. The van der Waals surface area contributed by atoms with E-state index >= 15 is 0 Å². The highest BCUT2D eigenvalue weighted by Gasteiger charge is 2.09. The van der Waals surface area contributed by atoms with E-state index < -0.39 is 0 Å². The molecule has 4 nitrogen and oxygen atoms in total. The fraction of sp³-hybridized carbons (Fsp3) is 0.533. The van der Waals surface area contributed by atoms with E-state index in [1.165, 1.54) is 5.69 Å². The number of rotatable bonds is 6. The van der Waals surface area contributed by atoms with Crippen LogP contribution in [0.15, 0.2) is 24.5 Å². The zero-order valence-electron chi connectivity index (χ0n) is 12.0. The highest BCUT2D eigenvalue weighted by atomic mass is 16.3. The lowest BCUT2D eigenvalue weighted by atomic mass is 10.1. The summed E-state index contributed by atoms with van der Waals surface area (Å²) in [6.45, 7) is 7.91. The van der Waals surface area contributed by atoms with Gasteiger partial charge in [0.1, 0.15) is 0 Å². The maximum atomic E-state index is 9.82. The highest BCUT2D eigenvalue weighted by molar-refractivity contribution is 5.16. The number of aliphatic hydroxyl groups excluding tert-OH is 1. The van der Waals surface area contributed by atoms with Crippen LogP contribution >= 0.6 is 0 Å². The van der Waals surface area contributed by atoms with Crippen LogP contribution in [-0.2, 0) is 19.5 Å². The monoisotopic (exact) mass is 261 g/mol. The van der Waals surface area contributed by atoms with Gasteiger partial charge < -0.3 is 9.67 Å². The van der Waals surface area contributed by atoms with E-state index in [0.717, 1.165) is 37.2 Å². The van der Waals surface area contributed by atoms with Gasteiger partial charge in [-0.25, -0.2) is 0 Å². The first-order valence-electron chi connectivity index (χ1n) is 7.07. The van der Waals surface area contributed by atoms with Gasteiger partial charge in [-0.05, 0) is 37.5 Å². The van der Waals surface area contributed by atoms with Crippen molar-refractivity contribution in [2.24, 2.45) is 0 Å². The Balaban J connectivity index is 2.16. The Bertz CT molecular complexity index is 527. The minimum absolute atomic E-state index is 0.358. The summed E-state index contributed by atoms with van der Waals surface area (Å²) >= 11 is 0. The fourth-order valence-electron chi connectivity index (χ4n) is 2.27. The Morgan fingerprint density at radius 3 is 2.74 bits per heavy atom. The summed E-state index contributed by atoms with van der Waals surface area (Å²) in [4.78, 5) is 0. The van der Waals surface area contributed by atoms with Crippen LogP contribution in [0, 0.1) is 0 Å². The van der Waals surface area contributed by atoms with Crippen LogP contribution in [0.25, 0.3) is 0 Å². The van der Waals surface area contributed by atoms with Gasteiger partial charge in [-0.2, -0.15) is 5.10 Å². The Morgan fingerprint density at radius 1 is 1.32 bits per heavy atom. The molecule has 2 rings (SSSR count). The van der Waals surface area contributed by atoms with Gasteiger partial charge in [0.2, 0.25) is 0 Å². The van der Waals surface area contributed by atoms with Gasteiger partial charge in [0.05, 0.1) is 24.0 Å². The summed E-state index contributed by atoms with van der Waals surface area (Å²) in [5.74, 6) is 0. The zero-order valence-corrected chi connectivity index (χ0v) is 12.0. The highest BCUT2D eigenvalue weighted by Crippen LogP contribution is 2.17. The average molecular weight is 261 g/mol. The molecule has 0 aliphatic heterocycles. The number of aromatic nitrogens is 3. The molecule has 0 saturated heterocycles. The summed E-state index contributed by atoms with van der Waals surface area (Å²) in [6.07, 6.45) is 5.39. The van der Waals surface area contributed by atoms with Crippen LogP contribution in [0.5, 0.6) is 0 Å². The van der Waals surface area contributed by atoms with Crippen molar-refractivity contribution in [2.45, 2.75) is 52.8 Å². The summed E-state index contributed by atoms with van der Waals surface area (Å²) in [5, 5.41) is 14.4. The third-order valence-electron chi connectivity index (χ3n) is 3.47. The van der Waals surface area contributed by atoms with Crippen LogP contribution in [0.2, 0.25) is 0 Å². The molecule has 0 radical (unpaired) electrons. The van der Waals surface area contributed by atoms with Gasteiger partial charge in [-0.1, -0.05) is 13.8 Å². The lowest BCUT2D eigenvalue weighted by Gasteiger charge is -2.06. The second kappa shape index (κ2) is 6.06. The lowest BCUT2D eigenvalue weighted by Crippen LogP contribution is -2.06. The average Bonchev–Trinajstić information content (AvgIpc) is 3.05. The number of nitrogens with zero attached hydrogens (tertiary/aromatic N) is 3. The first-order valence-corrected chi connectivity index (χ1v) is 7.07. The van der Waals surface area contributed by atoms with Gasteiger partial charge in [-0.3, -0.25) is 4.68 Å². The third-order valence-corrected chi connectivity index (χ3v) is 3.47. The number of hydrogen-bond acceptors (Lipinski definition) is 2. The molecule has 2 aromatic heterocycles. The molecular formula is C15H23N3O. The van der Waals surface area contributed by atoms with Crippen molar-refractivity contribution < 1.29 is 5.11 Å². The molecule has 0 saturated carbocycles. The van der Waals surface area contributed by atoms with E-state index in [4.69, 9.17) is 0 Å². The fourth-order valence-corrected chi connectivity index (χ4v) is 2.27. The Labute approximate surface area is 114 Å². The molecular weight excluding hydrogens is 238 g/mol. The molecule has 0 aromatic carbocycles. The Kier molecular flexibility index (Phi) is 4.43. The van der Waals surface area contributed by atoms with Crippen molar-refractivity contribution in [1.29, 1.82) is 0 Å². The summed E-state index contributed by atoms with van der Waals surface area (Å²) in [6, 6.07) is 4.15. The molecule has 0 aliphatic rings. The smallest absolute Gasteiger partial charge is 0.0802 e. The van der Waals surface area contributed by atoms with Gasteiger partial charge in [0.15, 0.2) is 0 Å². The first kappa shape index (κ1) is 13.9. The van der Waals surface area contributed by atoms with Crippen molar-refractivity contribution in [3.8, 4) is 0 Å². The summed E-state index contributed by atoms with van der Waals surface area (Å²) < 4.78 is 4.16. The van der Waals surface area contributed by atoms with Crippen molar-refractivity contribution in [3.05, 3.63) is 41.5 Å². The van der Waals surface area contributed by atoms with Crippen LogP contribution in [0.1, 0.15) is 50.2 Å². The van der Waals surface area contributed by atoms with Crippen LogP contribution in [0.4, 0.5) is 0 Å². The van der Waals surface area contributed by atoms with E-state index in [2.05, 4.69) is 34.3 Å². The number of hydrogen-bond donors (Lipinski definition) is 1. The largest absolute Gasteiger partial charge is 0.388 e. The molecule has 1 atom stereocenters. The van der Waals surface area contributed by atoms with E-state index in [-0.39, 0.29) is 6.10 Å². The maximum absolute atomic E-state index is 9.82. The molecule has 0 fully saturated rings. The van der Waals surface area contributed by atoms with Crippen molar-refractivity contribution in [3.63, 3.8) is 0 Å². The molecule has 4 heteroatoms. The van der Waals surface area contributed by atoms with Gasteiger partial charge >= 0.3 is 0 Å². The van der Waals surface area contributed by atoms with E-state index in [1.807, 2.05) is 25.4 Å². The molecule has 2 aromatic rings. The summed E-state index contributed by atoms with van der Waals surface area (Å²) in [7, 11) is 0. The van der Waals surface area contributed by atoms with E-state index in [9.17, 15) is 5.11 Å². The van der Waals surface area contributed by atoms with Crippen molar-refractivity contribution >= 4 is 0 Å². The van der Waals surface area contributed by atoms with E-state index in [0.29, 0.717) is 0 Å². The van der Waals surface area contributed by atoms with Crippen LogP contribution < -0.4 is 0 Å². The third kappa shape index (κ3) is 3.07. The molecule has 0 amide bonds. The molecule has 0 spiro atoms. The molecule has 1 N–H and O–H groups in total. The SMILES string of the molecule is CCc1cc(Cn2ccc(C(O)CC)c2)n(CC)n1. The summed E-state index contributed by atoms with van der Waals surface area (Å²) in [5.41, 5.74) is 3.34. The Hall–Kier alpha value is -1.55. The van der Waals surface area contributed by atoms with E-state index in [1.54, 1.807) is 0 Å². The maximum Gasteiger partial charge on any atom is 0.0802 e. The minimum atomic E-state index is -0.358. The first-order chi connectivity index (χ1) is 9.17. The van der Waals surface area contributed by atoms with Gasteiger partial charge in [0, 0.05) is 18.9 Å². The minimum Gasteiger partial charge on any atom is -0.388 e. The predicted molar refractivity (Wildman–Crippen MR) is 76.1 cm³/mol. The van der Waals surface area contributed by atoms with Crippen LogP contribution in [-0.4, -0.2) is 19.5 Å². The molecule has 104 valence electrons.